The molecular weight excluding hydrogens is 170 g/mol. The summed E-state index contributed by atoms with van der Waals surface area (Å²) in [4.78, 5) is 0. The molecule has 0 saturated heterocycles. The van der Waals surface area contributed by atoms with Crippen LogP contribution in [0.2, 0.25) is 0 Å². The van der Waals surface area contributed by atoms with E-state index < -0.39 is 0 Å². The van der Waals surface area contributed by atoms with Gasteiger partial charge in [-0.25, -0.2) is 0 Å². The molecule has 14 heavy (non-hydrogen) atoms. The summed E-state index contributed by atoms with van der Waals surface area (Å²) in [6, 6.07) is 8.56. The molecule has 1 heteroatoms. The second kappa shape index (κ2) is 3.16. The van der Waals surface area contributed by atoms with E-state index in [4.69, 9.17) is 0 Å². The fourth-order valence-corrected chi connectivity index (χ4v) is 1.82. The molecule has 0 aliphatic heterocycles. The van der Waals surface area contributed by atoms with Crippen molar-refractivity contribution in [2.45, 2.75) is 27.2 Å². The van der Waals surface area contributed by atoms with Gasteiger partial charge in [-0.15, -0.1) is 0 Å². The summed E-state index contributed by atoms with van der Waals surface area (Å²) in [6.45, 7) is 6.82. The van der Waals surface area contributed by atoms with Gasteiger partial charge in [0, 0.05) is 17.9 Å². The maximum Gasteiger partial charge on any atom is 0.0452 e. The molecule has 0 fully saturated rings. The molecule has 1 nitrogen and oxygen atoms in total. The number of rotatable bonds is 1. The molecule has 0 aliphatic carbocycles. The highest BCUT2D eigenvalue weighted by Crippen LogP contribution is 2.22. The van der Waals surface area contributed by atoms with Crippen molar-refractivity contribution in [1.29, 1.82) is 0 Å². The summed E-state index contributed by atoms with van der Waals surface area (Å²) in [5.74, 6) is 0. The van der Waals surface area contributed by atoms with Crippen LogP contribution in [0.25, 0.3) is 5.52 Å². The van der Waals surface area contributed by atoms with Gasteiger partial charge in [0.05, 0.1) is 0 Å². The summed E-state index contributed by atoms with van der Waals surface area (Å²) in [5.41, 5.74) is 3.07. The Hall–Kier alpha value is -1.24. The van der Waals surface area contributed by atoms with Crippen molar-refractivity contribution < 1.29 is 0 Å². The van der Waals surface area contributed by atoms with Crippen molar-refractivity contribution in [3.63, 3.8) is 0 Å². The van der Waals surface area contributed by atoms with Crippen molar-refractivity contribution in [2.24, 2.45) is 5.41 Å². The van der Waals surface area contributed by atoms with E-state index in [0.29, 0.717) is 5.41 Å². The predicted molar refractivity (Wildman–Crippen MR) is 60.6 cm³/mol. The quantitative estimate of drug-likeness (QED) is 0.643. The van der Waals surface area contributed by atoms with Gasteiger partial charge in [-0.05, 0) is 35.6 Å². The number of hydrogen-bond acceptors (Lipinski definition) is 0. The normalized spacial score (nSPS) is 12.2. The Kier molecular flexibility index (Phi) is 2.10. The van der Waals surface area contributed by atoms with E-state index in [1.807, 2.05) is 0 Å². The zero-order chi connectivity index (χ0) is 10.2. The van der Waals surface area contributed by atoms with Crippen LogP contribution in [0.1, 0.15) is 26.3 Å². The third-order valence-electron chi connectivity index (χ3n) is 2.30. The van der Waals surface area contributed by atoms with Crippen LogP contribution in [0, 0.1) is 5.41 Å². The number of nitrogens with zero attached hydrogens (tertiary/aromatic N) is 1. The first-order valence-corrected chi connectivity index (χ1v) is 5.10. The number of fused-ring (bicyclic) bond motifs is 1. The molecule has 0 aromatic carbocycles. The van der Waals surface area contributed by atoms with E-state index in [-0.39, 0.29) is 0 Å². The van der Waals surface area contributed by atoms with Crippen molar-refractivity contribution in [3.05, 3.63) is 42.2 Å². The Labute approximate surface area is 85.4 Å². The van der Waals surface area contributed by atoms with Gasteiger partial charge in [-0.2, -0.15) is 0 Å². The fourth-order valence-electron chi connectivity index (χ4n) is 1.82. The summed E-state index contributed by atoms with van der Waals surface area (Å²) in [6.07, 6.45) is 5.46. The summed E-state index contributed by atoms with van der Waals surface area (Å²) in [5, 5.41) is 0. The molecule has 0 radical (unpaired) electrons. The molecule has 0 aliphatic rings. The van der Waals surface area contributed by atoms with Crippen LogP contribution in [0.15, 0.2) is 36.7 Å². The van der Waals surface area contributed by atoms with Gasteiger partial charge in [0.2, 0.25) is 0 Å². The van der Waals surface area contributed by atoms with Gasteiger partial charge < -0.3 is 4.40 Å². The lowest BCUT2D eigenvalue weighted by atomic mass is 9.89. The minimum atomic E-state index is 0.366. The van der Waals surface area contributed by atoms with Gasteiger partial charge in [0.1, 0.15) is 0 Å². The van der Waals surface area contributed by atoms with Crippen LogP contribution in [-0.4, -0.2) is 4.40 Å². The third-order valence-corrected chi connectivity index (χ3v) is 2.30. The van der Waals surface area contributed by atoms with Crippen molar-refractivity contribution in [2.75, 3.05) is 0 Å². The number of hydrogen-bond donors (Lipinski definition) is 0. The molecule has 0 amide bonds. The molecule has 0 atom stereocenters. The average Bonchev–Trinajstić information content (AvgIpc) is 2.42. The highest BCUT2D eigenvalue weighted by atomic mass is 14.8. The standard InChI is InChI=1S/C13H17N/c1-13(2,3)9-11-8-12-6-4-5-7-14(12)10-11/h4-8,10H,9H2,1-3H3. The third kappa shape index (κ3) is 1.98. The van der Waals surface area contributed by atoms with E-state index >= 15 is 0 Å². The SMILES string of the molecule is CC(C)(C)Cc1cc2ccccn2c1. The minimum Gasteiger partial charge on any atom is -0.324 e. The monoisotopic (exact) mass is 187 g/mol. The van der Waals surface area contributed by atoms with Crippen LogP contribution >= 0.6 is 0 Å². The largest absolute Gasteiger partial charge is 0.324 e. The molecule has 2 aromatic rings. The van der Waals surface area contributed by atoms with Gasteiger partial charge in [0.25, 0.3) is 0 Å². The van der Waals surface area contributed by atoms with E-state index in [0.717, 1.165) is 6.42 Å². The summed E-state index contributed by atoms with van der Waals surface area (Å²) < 4.78 is 2.18. The maximum absolute atomic E-state index is 2.27. The molecule has 0 N–H and O–H groups in total. The lowest BCUT2D eigenvalue weighted by Gasteiger charge is -2.16. The molecule has 0 spiro atoms. The molecular formula is C13H17N. The lowest BCUT2D eigenvalue weighted by molar-refractivity contribution is 0.411. The molecule has 0 saturated carbocycles. The molecule has 2 rings (SSSR count). The molecule has 0 bridgehead atoms. The van der Waals surface area contributed by atoms with E-state index in [9.17, 15) is 0 Å². The predicted octanol–water partition coefficient (Wildman–Crippen LogP) is 3.53. The van der Waals surface area contributed by atoms with Gasteiger partial charge >= 0.3 is 0 Å². The first kappa shape index (κ1) is 9.32. The van der Waals surface area contributed by atoms with E-state index in [1.54, 1.807) is 0 Å². The van der Waals surface area contributed by atoms with Gasteiger partial charge in [-0.3, -0.25) is 0 Å². The van der Waals surface area contributed by atoms with Crippen LogP contribution in [0.4, 0.5) is 0 Å². The highest BCUT2D eigenvalue weighted by Gasteiger charge is 2.12. The van der Waals surface area contributed by atoms with E-state index in [1.165, 1.54) is 11.1 Å². The van der Waals surface area contributed by atoms with Crippen molar-refractivity contribution in [1.82, 2.24) is 4.40 Å². The molecule has 0 unspecified atom stereocenters. The van der Waals surface area contributed by atoms with Gasteiger partial charge in [0.15, 0.2) is 0 Å². The average molecular weight is 187 g/mol. The molecule has 74 valence electrons. The van der Waals surface area contributed by atoms with Crippen LogP contribution < -0.4 is 0 Å². The molecule has 2 aromatic heterocycles. The van der Waals surface area contributed by atoms with Crippen molar-refractivity contribution >= 4 is 5.52 Å². The summed E-state index contributed by atoms with van der Waals surface area (Å²) >= 11 is 0. The highest BCUT2D eigenvalue weighted by molar-refractivity contribution is 5.50. The fraction of sp³-hybridized carbons (Fsp3) is 0.385. The second-order valence-corrected chi connectivity index (χ2v) is 5.12. The van der Waals surface area contributed by atoms with Crippen LogP contribution in [-0.2, 0) is 6.42 Å². The van der Waals surface area contributed by atoms with Crippen LogP contribution in [0.5, 0.6) is 0 Å². The minimum absolute atomic E-state index is 0.366. The maximum atomic E-state index is 2.27. The Morgan fingerprint density at radius 3 is 2.64 bits per heavy atom. The van der Waals surface area contributed by atoms with E-state index in [2.05, 4.69) is 61.8 Å². The second-order valence-electron chi connectivity index (χ2n) is 5.12. The Morgan fingerprint density at radius 2 is 2.00 bits per heavy atom. The smallest absolute Gasteiger partial charge is 0.0452 e. The zero-order valence-electron chi connectivity index (χ0n) is 9.12. The first-order chi connectivity index (χ1) is 6.54. The lowest BCUT2D eigenvalue weighted by Crippen LogP contribution is -2.08. The topological polar surface area (TPSA) is 4.41 Å². The van der Waals surface area contributed by atoms with Crippen molar-refractivity contribution in [3.8, 4) is 0 Å². The van der Waals surface area contributed by atoms with Crippen LogP contribution in [0.3, 0.4) is 0 Å². The number of pyridine rings is 1. The Bertz CT molecular complexity index is 399. The Balaban J connectivity index is 2.36. The molecule has 2 heterocycles. The summed E-state index contributed by atoms with van der Waals surface area (Å²) in [7, 11) is 0. The first-order valence-electron chi connectivity index (χ1n) is 5.10. The zero-order valence-corrected chi connectivity index (χ0v) is 9.12. The number of aromatic nitrogens is 1. The van der Waals surface area contributed by atoms with Gasteiger partial charge in [-0.1, -0.05) is 26.8 Å². The Morgan fingerprint density at radius 1 is 1.21 bits per heavy atom.